The highest BCUT2D eigenvalue weighted by molar-refractivity contribution is 5.91. The summed E-state index contributed by atoms with van der Waals surface area (Å²) in [6, 6.07) is 17.2. The molecule has 0 unspecified atom stereocenters. The Morgan fingerprint density at radius 1 is 1.07 bits per heavy atom. The summed E-state index contributed by atoms with van der Waals surface area (Å²) in [7, 11) is 0. The Morgan fingerprint density at radius 2 is 1.82 bits per heavy atom. The molecule has 6 heteroatoms. The van der Waals surface area contributed by atoms with Crippen molar-refractivity contribution in [1.29, 1.82) is 0 Å². The van der Waals surface area contributed by atoms with Crippen LogP contribution in [0.5, 0.6) is 5.75 Å². The molecule has 0 aliphatic carbocycles. The zero-order valence-electron chi connectivity index (χ0n) is 15.8. The molecule has 0 saturated carbocycles. The molecule has 0 aliphatic rings. The fourth-order valence-electron chi connectivity index (χ4n) is 2.62. The second-order valence-electron chi connectivity index (χ2n) is 6.60. The fourth-order valence-corrected chi connectivity index (χ4v) is 2.62. The van der Waals surface area contributed by atoms with Crippen LogP contribution in [0.25, 0.3) is 0 Å². The number of benzene rings is 2. The first-order chi connectivity index (χ1) is 13.5. The average Bonchev–Trinajstić information content (AvgIpc) is 2.64. The summed E-state index contributed by atoms with van der Waals surface area (Å²) < 4.78 is 18.8. The molecule has 2 N–H and O–H groups in total. The number of hydrogen-bond donors (Lipinski definition) is 2. The highest BCUT2D eigenvalue weighted by atomic mass is 19.1. The smallest absolute Gasteiger partial charge is 0.229 e. The molecule has 1 aromatic heterocycles. The van der Waals surface area contributed by atoms with E-state index in [9.17, 15) is 9.18 Å². The molecule has 0 saturated heterocycles. The van der Waals surface area contributed by atoms with Crippen LogP contribution in [0, 0.1) is 5.82 Å². The first kappa shape index (κ1) is 19.4. The van der Waals surface area contributed by atoms with Gasteiger partial charge in [-0.15, -0.1) is 0 Å². The van der Waals surface area contributed by atoms with Crippen LogP contribution >= 0.6 is 0 Å². The minimum absolute atomic E-state index is 0.0875. The number of nitrogens with zero attached hydrogens (tertiary/aromatic N) is 1. The summed E-state index contributed by atoms with van der Waals surface area (Å²) in [5.74, 6) is 0.643. The van der Waals surface area contributed by atoms with Gasteiger partial charge in [-0.3, -0.25) is 4.79 Å². The molecule has 3 rings (SSSR count). The van der Waals surface area contributed by atoms with Gasteiger partial charge in [-0.2, -0.15) is 0 Å². The summed E-state index contributed by atoms with van der Waals surface area (Å²) >= 11 is 0. The Balaban J connectivity index is 1.55. The second-order valence-corrected chi connectivity index (χ2v) is 6.60. The molecule has 1 heterocycles. The van der Waals surface area contributed by atoms with Crippen molar-refractivity contribution in [2.45, 2.75) is 26.4 Å². The van der Waals surface area contributed by atoms with Gasteiger partial charge in [-0.05, 0) is 67.9 Å². The van der Waals surface area contributed by atoms with E-state index < -0.39 is 0 Å². The summed E-state index contributed by atoms with van der Waals surface area (Å²) in [5, 5.41) is 5.95. The highest BCUT2D eigenvalue weighted by Gasteiger charge is 2.06. The fraction of sp³-hybridized carbons (Fsp3) is 0.182. The molecule has 0 fully saturated rings. The number of carbonyl (C=O) groups is 1. The molecule has 0 atom stereocenters. The van der Waals surface area contributed by atoms with Crippen LogP contribution in [0.1, 0.15) is 19.4 Å². The number of amides is 1. The van der Waals surface area contributed by atoms with Crippen molar-refractivity contribution in [2.75, 3.05) is 10.6 Å². The van der Waals surface area contributed by atoms with Gasteiger partial charge in [0.25, 0.3) is 0 Å². The van der Waals surface area contributed by atoms with Crippen molar-refractivity contribution in [2.24, 2.45) is 0 Å². The van der Waals surface area contributed by atoms with Gasteiger partial charge in [-0.25, -0.2) is 9.37 Å². The van der Waals surface area contributed by atoms with Gasteiger partial charge < -0.3 is 15.4 Å². The Labute approximate surface area is 163 Å². The Morgan fingerprint density at radius 3 is 2.46 bits per heavy atom. The average molecular weight is 379 g/mol. The highest BCUT2D eigenvalue weighted by Crippen LogP contribution is 2.21. The summed E-state index contributed by atoms with van der Waals surface area (Å²) in [5.41, 5.74) is 2.31. The van der Waals surface area contributed by atoms with E-state index in [2.05, 4.69) is 15.6 Å². The third-order valence-corrected chi connectivity index (χ3v) is 3.80. The zero-order chi connectivity index (χ0) is 19.9. The Kier molecular flexibility index (Phi) is 6.22. The van der Waals surface area contributed by atoms with Crippen LogP contribution in [0.15, 0.2) is 66.9 Å². The summed E-state index contributed by atoms with van der Waals surface area (Å²) in [6.07, 6.45) is 1.85. The van der Waals surface area contributed by atoms with E-state index in [0.717, 1.165) is 17.1 Å². The molecule has 5 nitrogen and oxygen atoms in total. The van der Waals surface area contributed by atoms with Gasteiger partial charge in [0.2, 0.25) is 5.91 Å². The normalized spacial score (nSPS) is 10.6. The maximum absolute atomic E-state index is 13.2. The lowest BCUT2D eigenvalue weighted by atomic mass is 10.1. The van der Waals surface area contributed by atoms with Crippen LogP contribution < -0.4 is 15.4 Å². The van der Waals surface area contributed by atoms with Crippen molar-refractivity contribution in [3.8, 4) is 5.75 Å². The van der Waals surface area contributed by atoms with E-state index in [1.54, 1.807) is 24.4 Å². The van der Waals surface area contributed by atoms with Crippen LogP contribution in [-0.2, 0) is 11.2 Å². The van der Waals surface area contributed by atoms with E-state index in [1.165, 1.54) is 12.1 Å². The van der Waals surface area contributed by atoms with Crippen molar-refractivity contribution < 1.29 is 13.9 Å². The molecular formula is C22H22FN3O2. The number of aromatic nitrogens is 1. The predicted octanol–water partition coefficient (Wildman–Crippen LogP) is 4.93. The van der Waals surface area contributed by atoms with Gasteiger partial charge in [0.05, 0.1) is 24.4 Å². The van der Waals surface area contributed by atoms with Crippen LogP contribution in [-0.4, -0.2) is 17.0 Å². The molecule has 28 heavy (non-hydrogen) atoms. The summed E-state index contributed by atoms with van der Waals surface area (Å²) in [6.45, 7) is 3.96. The number of carbonyl (C=O) groups excluding carboxylic acids is 1. The van der Waals surface area contributed by atoms with Gasteiger partial charge in [-0.1, -0.05) is 12.1 Å². The van der Waals surface area contributed by atoms with Crippen LogP contribution in [0.2, 0.25) is 0 Å². The lowest BCUT2D eigenvalue weighted by Crippen LogP contribution is -2.15. The first-order valence-corrected chi connectivity index (χ1v) is 9.02. The second kappa shape index (κ2) is 8.99. The monoisotopic (exact) mass is 379 g/mol. The number of nitrogens with one attached hydrogen (secondary N) is 2. The molecule has 0 radical (unpaired) electrons. The number of ether oxygens (including phenoxy) is 1. The molecule has 0 bridgehead atoms. The number of halogens is 1. The standard InChI is InChI=1S/C22H22FN3O2/c1-15(2)28-20-9-6-18(7-10-20)25-19-8-11-21(24-14-19)26-22(27)13-16-4-3-5-17(23)12-16/h3-12,14-15,25H,13H2,1-2H3,(H,24,26,27). The van der Waals surface area contributed by atoms with Crippen molar-refractivity contribution in [3.05, 3.63) is 78.2 Å². The molecule has 0 aliphatic heterocycles. The van der Waals surface area contributed by atoms with Crippen molar-refractivity contribution in [3.63, 3.8) is 0 Å². The van der Waals surface area contributed by atoms with E-state index in [0.29, 0.717) is 11.4 Å². The Bertz CT molecular complexity index is 925. The summed E-state index contributed by atoms with van der Waals surface area (Å²) in [4.78, 5) is 16.3. The lowest BCUT2D eigenvalue weighted by Gasteiger charge is -2.11. The minimum Gasteiger partial charge on any atom is -0.491 e. The third kappa shape index (κ3) is 5.81. The number of rotatable bonds is 7. The minimum atomic E-state index is -0.359. The molecule has 144 valence electrons. The van der Waals surface area contributed by atoms with Gasteiger partial charge in [0, 0.05) is 5.69 Å². The van der Waals surface area contributed by atoms with E-state index >= 15 is 0 Å². The maximum atomic E-state index is 13.2. The van der Waals surface area contributed by atoms with E-state index in [4.69, 9.17) is 4.74 Å². The molecule has 3 aromatic rings. The molecule has 0 spiro atoms. The van der Waals surface area contributed by atoms with Crippen LogP contribution in [0.4, 0.5) is 21.6 Å². The van der Waals surface area contributed by atoms with Gasteiger partial charge in [0.1, 0.15) is 17.4 Å². The predicted molar refractivity (Wildman–Crippen MR) is 108 cm³/mol. The van der Waals surface area contributed by atoms with E-state index in [-0.39, 0.29) is 24.2 Å². The molecule has 1 amide bonds. The molecule has 2 aromatic carbocycles. The number of anilines is 3. The van der Waals surface area contributed by atoms with Gasteiger partial charge >= 0.3 is 0 Å². The van der Waals surface area contributed by atoms with Crippen molar-refractivity contribution in [1.82, 2.24) is 4.98 Å². The van der Waals surface area contributed by atoms with Crippen molar-refractivity contribution >= 4 is 23.1 Å². The number of hydrogen-bond acceptors (Lipinski definition) is 4. The SMILES string of the molecule is CC(C)Oc1ccc(Nc2ccc(NC(=O)Cc3cccc(F)c3)nc2)cc1. The van der Waals surface area contributed by atoms with Crippen LogP contribution in [0.3, 0.4) is 0 Å². The Hall–Kier alpha value is -3.41. The topological polar surface area (TPSA) is 63.2 Å². The third-order valence-electron chi connectivity index (χ3n) is 3.80. The first-order valence-electron chi connectivity index (χ1n) is 9.02. The van der Waals surface area contributed by atoms with Gasteiger partial charge in [0.15, 0.2) is 0 Å². The largest absolute Gasteiger partial charge is 0.491 e. The molecular weight excluding hydrogens is 357 g/mol. The maximum Gasteiger partial charge on any atom is 0.229 e. The quantitative estimate of drug-likeness (QED) is 0.611. The number of pyridine rings is 1. The zero-order valence-corrected chi connectivity index (χ0v) is 15.8. The lowest BCUT2D eigenvalue weighted by molar-refractivity contribution is -0.115. The van der Waals surface area contributed by atoms with E-state index in [1.807, 2.05) is 44.2 Å².